The van der Waals surface area contributed by atoms with E-state index in [1.807, 2.05) is 24.4 Å². The summed E-state index contributed by atoms with van der Waals surface area (Å²) < 4.78 is 5.69. The molecular weight excluding hydrogens is 352 g/mol. The average molecular weight is 378 g/mol. The van der Waals surface area contributed by atoms with Crippen LogP contribution in [0.2, 0.25) is 0 Å². The van der Waals surface area contributed by atoms with Crippen molar-refractivity contribution in [3.8, 4) is 0 Å². The highest BCUT2D eigenvalue weighted by molar-refractivity contribution is 7.13. The van der Waals surface area contributed by atoms with Crippen molar-refractivity contribution < 1.29 is 14.3 Å². The lowest BCUT2D eigenvalue weighted by molar-refractivity contribution is -0.116. The average Bonchev–Trinajstić information content (AvgIpc) is 3.27. The van der Waals surface area contributed by atoms with E-state index in [0.717, 1.165) is 44.1 Å². The highest BCUT2D eigenvalue weighted by Crippen LogP contribution is 2.18. The number of rotatable bonds is 8. The SMILES string of the molecule is Cc1ccc(CN2CCN(CCC(=O)Nc3nccs3)CC2CCO)o1. The molecule has 7 nitrogen and oxygen atoms in total. The summed E-state index contributed by atoms with van der Waals surface area (Å²) in [4.78, 5) is 20.8. The number of nitrogens with zero attached hydrogens (tertiary/aromatic N) is 3. The number of furan rings is 1. The Bertz CT molecular complexity index is 688. The van der Waals surface area contributed by atoms with Gasteiger partial charge in [-0.1, -0.05) is 0 Å². The zero-order valence-corrected chi connectivity index (χ0v) is 15.9. The molecule has 0 saturated carbocycles. The quantitative estimate of drug-likeness (QED) is 0.731. The van der Waals surface area contributed by atoms with Crippen molar-refractivity contribution in [3.63, 3.8) is 0 Å². The third-order valence-corrected chi connectivity index (χ3v) is 5.33. The van der Waals surface area contributed by atoms with E-state index in [2.05, 4.69) is 20.1 Å². The molecule has 0 bridgehead atoms. The molecule has 142 valence electrons. The van der Waals surface area contributed by atoms with E-state index < -0.39 is 0 Å². The molecular formula is C18H26N4O3S. The first-order valence-corrected chi connectivity index (χ1v) is 9.84. The first-order chi connectivity index (χ1) is 12.6. The van der Waals surface area contributed by atoms with Crippen LogP contribution in [0.1, 0.15) is 24.4 Å². The number of piperazine rings is 1. The zero-order valence-electron chi connectivity index (χ0n) is 15.1. The predicted octanol–water partition coefficient (Wildman–Crippen LogP) is 1.94. The van der Waals surface area contributed by atoms with Gasteiger partial charge in [0, 0.05) is 56.8 Å². The fraction of sp³-hybridized carbons (Fsp3) is 0.556. The second kappa shape index (κ2) is 9.27. The highest BCUT2D eigenvalue weighted by atomic mass is 32.1. The third kappa shape index (κ3) is 5.38. The maximum absolute atomic E-state index is 12.0. The molecule has 1 atom stereocenters. The van der Waals surface area contributed by atoms with Gasteiger partial charge in [-0.25, -0.2) is 4.98 Å². The second-order valence-corrected chi connectivity index (χ2v) is 7.48. The number of aromatic nitrogens is 1. The number of hydrogen-bond acceptors (Lipinski definition) is 7. The van der Waals surface area contributed by atoms with E-state index in [1.165, 1.54) is 11.3 Å². The van der Waals surface area contributed by atoms with Crippen molar-refractivity contribution in [2.75, 3.05) is 38.1 Å². The van der Waals surface area contributed by atoms with Gasteiger partial charge in [-0.2, -0.15) is 0 Å². The van der Waals surface area contributed by atoms with Gasteiger partial charge in [0.05, 0.1) is 6.54 Å². The number of aliphatic hydroxyl groups excluding tert-OH is 1. The fourth-order valence-electron chi connectivity index (χ4n) is 3.29. The maximum atomic E-state index is 12.0. The van der Waals surface area contributed by atoms with Crippen LogP contribution in [0.3, 0.4) is 0 Å². The van der Waals surface area contributed by atoms with Gasteiger partial charge >= 0.3 is 0 Å². The van der Waals surface area contributed by atoms with E-state index in [0.29, 0.717) is 18.1 Å². The van der Waals surface area contributed by atoms with Crippen LogP contribution in [0, 0.1) is 6.92 Å². The van der Waals surface area contributed by atoms with Crippen LogP contribution in [0.4, 0.5) is 5.13 Å². The Hall–Kier alpha value is -1.74. The van der Waals surface area contributed by atoms with Crippen LogP contribution in [0.5, 0.6) is 0 Å². The molecule has 2 N–H and O–H groups in total. The van der Waals surface area contributed by atoms with E-state index in [9.17, 15) is 9.90 Å². The van der Waals surface area contributed by atoms with Gasteiger partial charge in [0.1, 0.15) is 11.5 Å². The maximum Gasteiger partial charge on any atom is 0.227 e. The largest absolute Gasteiger partial charge is 0.465 e. The Kier molecular flexibility index (Phi) is 6.79. The van der Waals surface area contributed by atoms with Gasteiger partial charge in [0.15, 0.2) is 5.13 Å². The van der Waals surface area contributed by atoms with Crippen molar-refractivity contribution in [1.29, 1.82) is 0 Å². The molecule has 3 heterocycles. The summed E-state index contributed by atoms with van der Waals surface area (Å²) in [7, 11) is 0. The van der Waals surface area contributed by atoms with Crippen molar-refractivity contribution in [2.45, 2.75) is 32.4 Å². The van der Waals surface area contributed by atoms with Crippen molar-refractivity contribution >= 4 is 22.4 Å². The Morgan fingerprint density at radius 1 is 1.46 bits per heavy atom. The molecule has 1 aliphatic heterocycles. The van der Waals surface area contributed by atoms with Gasteiger partial charge in [-0.15, -0.1) is 11.3 Å². The molecule has 3 rings (SSSR count). The van der Waals surface area contributed by atoms with Crippen LogP contribution in [-0.2, 0) is 11.3 Å². The standard InChI is InChI=1S/C18H26N4O3S/c1-14-2-3-16(25-14)13-22-9-8-21(12-15(22)5-10-23)7-4-17(24)20-18-19-6-11-26-18/h2-3,6,11,15,23H,4-5,7-10,12-13H2,1H3,(H,19,20,24). The number of carbonyl (C=O) groups is 1. The number of aliphatic hydroxyl groups is 1. The van der Waals surface area contributed by atoms with E-state index >= 15 is 0 Å². The van der Waals surface area contributed by atoms with Crippen molar-refractivity contribution in [3.05, 3.63) is 35.2 Å². The Morgan fingerprint density at radius 3 is 3.04 bits per heavy atom. The summed E-state index contributed by atoms with van der Waals surface area (Å²) in [5.74, 6) is 1.87. The second-order valence-electron chi connectivity index (χ2n) is 6.58. The Labute approximate surface area is 157 Å². The molecule has 2 aromatic rings. The van der Waals surface area contributed by atoms with Gasteiger partial charge in [-0.05, 0) is 25.5 Å². The minimum atomic E-state index is -0.00727. The topological polar surface area (TPSA) is 81.8 Å². The molecule has 1 fully saturated rings. The zero-order chi connectivity index (χ0) is 18.4. The number of anilines is 1. The lowest BCUT2D eigenvalue weighted by Crippen LogP contribution is -2.53. The smallest absolute Gasteiger partial charge is 0.227 e. The van der Waals surface area contributed by atoms with Gasteiger partial charge in [-0.3, -0.25) is 14.6 Å². The van der Waals surface area contributed by atoms with E-state index in [1.54, 1.807) is 6.20 Å². The first kappa shape index (κ1) is 19.0. The van der Waals surface area contributed by atoms with Gasteiger partial charge < -0.3 is 14.8 Å². The number of carbonyl (C=O) groups excluding carboxylic acids is 1. The highest BCUT2D eigenvalue weighted by Gasteiger charge is 2.27. The number of hydrogen-bond donors (Lipinski definition) is 2. The molecule has 0 radical (unpaired) electrons. The van der Waals surface area contributed by atoms with Gasteiger partial charge in [0.25, 0.3) is 0 Å². The Balaban J connectivity index is 1.48. The molecule has 1 saturated heterocycles. The number of thiazole rings is 1. The normalized spacial score (nSPS) is 18.9. The van der Waals surface area contributed by atoms with E-state index in [4.69, 9.17) is 4.42 Å². The van der Waals surface area contributed by atoms with Crippen LogP contribution in [-0.4, -0.2) is 64.6 Å². The predicted molar refractivity (Wildman–Crippen MR) is 101 cm³/mol. The molecule has 26 heavy (non-hydrogen) atoms. The minimum Gasteiger partial charge on any atom is -0.465 e. The summed E-state index contributed by atoms with van der Waals surface area (Å²) in [6, 6.07) is 4.26. The monoisotopic (exact) mass is 378 g/mol. The first-order valence-electron chi connectivity index (χ1n) is 8.96. The van der Waals surface area contributed by atoms with Crippen LogP contribution >= 0.6 is 11.3 Å². The Morgan fingerprint density at radius 2 is 2.35 bits per heavy atom. The fourth-order valence-corrected chi connectivity index (χ4v) is 3.83. The number of nitrogens with one attached hydrogen (secondary N) is 1. The molecule has 0 aliphatic carbocycles. The minimum absolute atomic E-state index is 0.00727. The molecule has 1 aliphatic rings. The lowest BCUT2D eigenvalue weighted by Gasteiger charge is -2.41. The van der Waals surface area contributed by atoms with E-state index in [-0.39, 0.29) is 18.6 Å². The third-order valence-electron chi connectivity index (χ3n) is 4.64. The molecule has 1 unspecified atom stereocenters. The van der Waals surface area contributed by atoms with Crippen LogP contribution < -0.4 is 5.32 Å². The number of amides is 1. The molecule has 0 aromatic carbocycles. The molecule has 0 spiro atoms. The van der Waals surface area contributed by atoms with Crippen molar-refractivity contribution in [2.24, 2.45) is 0 Å². The van der Waals surface area contributed by atoms with Crippen LogP contribution in [0.25, 0.3) is 0 Å². The summed E-state index contributed by atoms with van der Waals surface area (Å²) >= 11 is 1.42. The summed E-state index contributed by atoms with van der Waals surface area (Å²) in [6.07, 6.45) is 2.85. The summed E-state index contributed by atoms with van der Waals surface area (Å²) in [6.45, 7) is 6.25. The van der Waals surface area contributed by atoms with Crippen LogP contribution in [0.15, 0.2) is 28.1 Å². The molecule has 1 amide bonds. The van der Waals surface area contributed by atoms with Gasteiger partial charge in [0.2, 0.25) is 5.91 Å². The number of aryl methyl sites for hydroxylation is 1. The molecule has 2 aromatic heterocycles. The van der Waals surface area contributed by atoms with Crippen molar-refractivity contribution in [1.82, 2.24) is 14.8 Å². The summed E-state index contributed by atoms with van der Waals surface area (Å²) in [5.41, 5.74) is 0. The summed E-state index contributed by atoms with van der Waals surface area (Å²) in [5, 5.41) is 14.7. The lowest BCUT2D eigenvalue weighted by atomic mass is 10.1. The molecule has 8 heteroatoms.